The molecule has 4 nitrogen and oxygen atoms in total. The first-order valence-electron chi connectivity index (χ1n) is 7.34. The number of aliphatic hydroxyl groups excluding tert-OH is 1. The normalized spacial score (nSPS) is 13.4. The summed E-state index contributed by atoms with van der Waals surface area (Å²) in [4.78, 5) is 0. The Hall–Kier alpha value is -1.65. The Balaban J connectivity index is 1.95. The molecular weight excluding hydrogens is 262 g/mol. The summed E-state index contributed by atoms with van der Waals surface area (Å²) in [6, 6.07) is 9.72. The second-order valence-electron chi connectivity index (χ2n) is 6.48. The van der Waals surface area contributed by atoms with Gasteiger partial charge in [0, 0.05) is 37.3 Å². The Morgan fingerprint density at radius 1 is 1.24 bits per heavy atom. The molecule has 2 aromatic rings. The molecule has 0 bridgehead atoms. The van der Waals surface area contributed by atoms with E-state index >= 15 is 0 Å². The summed E-state index contributed by atoms with van der Waals surface area (Å²) in [6.45, 7) is 7.74. The zero-order valence-corrected chi connectivity index (χ0v) is 13.3. The van der Waals surface area contributed by atoms with Crippen molar-refractivity contribution in [2.24, 2.45) is 7.05 Å². The highest BCUT2D eigenvalue weighted by Gasteiger charge is 2.21. The van der Waals surface area contributed by atoms with E-state index in [0.717, 1.165) is 11.3 Å². The number of aryl methyl sites for hydroxylation is 1. The van der Waals surface area contributed by atoms with E-state index in [2.05, 4.69) is 31.2 Å². The Morgan fingerprint density at radius 3 is 2.52 bits per heavy atom. The van der Waals surface area contributed by atoms with Crippen molar-refractivity contribution < 1.29 is 5.11 Å². The Kier molecular flexibility index (Phi) is 4.80. The molecule has 114 valence electrons. The molecule has 0 radical (unpaired) electrons. The Morgan fingerprint density at radius 2 is 1.90 bits per heavy atom. The standard InChI is InChI=1S/C17H25N3O/c1-17(2,3)16-14(12-20(4)19-16)10-18-11-15(21)13-8-6-5-7-9-13/h5-9,12,15,18,21H,10-11H2,1-4H3. The SMILES string of the molecule is Cn1cc(CNCC(O)c2ccccc2)c(C(C)(C)C)n1. The largest absolute Gasteiger partial charge is 0.387 e. The number of aromatic nitrogens is 2. The fourth-order valence-electron chi connectivity index (χ4n) is 2.44. The fraction of sp³-hybridized carbons (Fsp3) is 0.471. The Bertz CT molecular complexity index is 569. The molecule has 1 heterocycles. The topological polar surface area (TPSA) is 50.1 Å². The Labute approximate surface area is 126 Å². The van der Waals surface area contributed by atoms with Crippen LogP contribution in [-0.4, -0.2) is 21.4 Å². The zero-order valence-electron chi connectivity index (χ0n) is 13.3. The van der Waals surface area contributed by atoms with E-state index < -0.39 is 6.10 Å². The van der Waals surface area contributed by atoms with Gasteiger partial charge in [-0.15, -0.1) is 0 Å². The first-order valence-corrected chi connectivity index (χ1v) is 7.34. The lowest BCUT2D eigenvalue weighted by molar-refractivity contribution is 0.174. The summed E-state index contributed by atoms with van der Waals surface area (Å²) in [5, 5.41) is 18.0. The van der Waals surface area contributed by atoms with E-state index in [-0.39, 0.29) is 5.41 Å². The monoisotopic (exact) mass is 287 g/mol. The predicted octanol–water partition coefficient (Wildman–Crippen LogP) is 2.54. The smallest absolute Gasteiger partial charge is 0.0914 e. The van der Waals surface area contributed by atoms with Gasteiger partial charge in [-0.05, 0) is 5.56 Å². The van der Waals surface area contributed by atoms with Gasteiger partial charge in [0.2, 0.25) is 0 Å². The summed E-state index contributed by atoms with van der Waals surface area (Å²) >= 11 is 0. The molecule has 2 N–H and O–H groups in total. The molecule has 0 saturated heterocycles. The molecule has 0 aliphatic rings. The first kappa shape index (κ1) is 15.7. The van der Waals surface area contributed by atoms with Crippen molar-refractivity contribution in [3.05, 3.63) is 53.3 Å². The number of rotatable bonds is 5. The van der Waals surface area contributed by atoms with Crippen LogP contribution in [0.3, 0.4) is 0 Å². The predicted molar refractivity (Wildman–Crippen MR) is 85.0 cm³/mol. The number of nitrogens with zero attached hydrogens (tertiary/aromatic N) is 2. The van der Waals surface area contributed by atoms with Crippen LogP contribution in [0.4, 0.5) is 0 Å². The maximum absolute atomic E-state index is 10.1. The van der Waals surface area contributed by atoms with Crippen LogP contribution in [0.15, 0.2) is 36.5 Å². The van der Waals surface area contributed by atoms with Gasteiger partial charge in [0.05, 0.1) is 11.8 Å². The minimum Gasteiger partial charge on any atom is -0.387 e. The van der Waals surface area contributed by atoms with Crippen LogP contribution in [0.1, 0.15) is 43.7 Å². The molecular formula is C17H25N3O. The highest BCUT2D eigenvalue weighted by atomic mass is 16.3. The van der Waals surface area contributed by atoms with Crippen molar-refractivity contribution in [2.75, 3.05) is 6.54 Å². The van der Waals surface area contributed by atoms with Gasteiger partial charge >= 0.3 is 0 Å². The average molecular weight is 287 g/mol. The van der Waals surface area contributed by atoms with E-state index in [1.807, 2.05) is 48.3 Å². The summed E-state index contributed by atoms with van der Waals surface area (Å²) in [5.74, 6) is 0. The van der Waals surface area contributed by atoms with Crippen LogP contribution in [0.5, 0.6) is 0 Å². The van der Waals surface area contributed by atoms with Crippen LogP contribution in [0.2, 0.25) is 0 Å². The van der Waals surface area contributed by atoms with Crippen molar-refractivity contribution in [1.82, 2.24) is 15.1 Å². The van der Waals surface area contributed by atoms with Crippen molar-refractivity contribution in [3.8, 4) is 0 Å². The van der Waals surface area contributed by atoms with Gasteiger partial charge in [0.1, 0.15) is 0 Å². The molecule has 0 amide bonds. The van der Waals surface area contributed by atoms with Gasteiger partial charge in [-0.2, -0.15) is 5.10 Å². The molecule has 1 unspecified atom stereocenters. The van der Waals surface area contributed by atoms with Gasteiger partial charge in [-0.25, -0.2) is 0 Å². The minimum absolute atomic E-state index is 0.0241. The molecule has 0 aliphatic carbocycles. The van der Waals surface area contributed by atoms with Gasteiger partial charge in [0.25, 0.3) is 0 Å². The van der Waals surface area contributed by atoms with Crippen molar-refractivity contribution in [2.45, 2.75) is 38.8 Å². The zero-order chi connectivity index (χ0) is 15.5. The number of nitrogens with one attached hydrogen (secondary N) is 1. The third-order valence-corrected chi connectivity index (χ3v) is 3.45. The van der Waals surface area contributed by atoms with Gasteiger partial charge in [-0.1, -0.05) is 51.1 Å². The molecule has 4 heteroatoms. The average Bonchev–Trinajstić information content (AvgIpc) is 2.81. The maximum atomic E-state index is 10.1. The lowest BCUT2D eigenvalue weighted by Crippen LogP contribution is -2.23. The van der Waals surface area contributed by atoms with Crippen LogP contribution in [0.25, 0.3) is 0 Å². The summed E-state index contributed by atoms with van der Waals surface area (Å²) < 4.78 is 1.85. The van der Waals surface area contributed by atoms with Crippen molar-refractivity contribution in [1.29, 1.82) is 0 Å². The summed E-state index contributed by atoms with van der Waals surface area (Å²) in [6.07, 6.45) is 1.56. The lowest BCUT2D eigenvalue weighted by Gasteiger charge is -2.18. The molecule has 1 aromatic carbocycles. The molecule has 0 aliphatic heterocycles. The number of hydrogen-bond acceptors (Lipinski definition) is 3. The number of aliphatic hydroxyl groups is 1. The van der Waals surface area contributed by atoms with E-state index in [0.29, 0.717) is 13.1 Å². The third kappa shape index (κ3) is 4.16. The second-order valence-corrected chi connectivity index (χ2v) is 6.48. The highest BCUT2D eigenvalue weighted by molar-refractivity contribution is 5.24. The number of hydrogen-bond donors (Lipinski definition) is 2. The van der Waals surface area contributed by atoms with E-state index in [9.17, 15) is 5.11 Å². The quantitative estimate of drug-likeness (QED) is 0.888. The van der Waals surface area contributed by atoms with Gasteiger partial charge < -0.3 is 10.4 Å². The van der Waals surface area contributed by atoms with Crippen LogP contribution in [-0.2, 0) is 19.0 Å². The third-order valence-electron chi connectivity index (χ3n) is 3.45. The van der Waals surface area contributed by atoms with Gasteiger partial charge in [0.15, 0.2) is 0 Å². The van der Waals surface area contributed by atoms with Crippen LogP contribution >= 0.6 is 0 Å². The molecule has 1 aromatic heterocycles. The van der Waals surface area contributed by atoms with Crippen LogP contribution in [0, 0.1) is 0 Å². The van der Waals surface area contributed by atoms with E-state index in [1.165, 1.54) is 5.56 Å². The van der Waals surface area contributed by atoms with Crippen molar-refractivity contribution >= 4 is 0 Å². The van der Waals surface area contributed by atoms with E-state index in [1.54, 1.807) is 0 Å². The fourth-order valence-corrected chi connectivity index (χ4v) is 2.44. The molecule has 21 heavy (non-hydrogen) atoms. The molecule has 1 atom stereocenters. The lowest BCUT2D eigenvalue weighted by atomic mass is 9.89. The highest BCUT2D eigenvalue weighted by Crippen LogP contribution is 2.24. The summed E-state index contributed by atoms with van der Waals surface area (Å²) in [5.41, 5.74) is 3.25. The molecule has 2 rings (SSSR count). The first-order chi connectivity index (χ1) is 9.88. The van der Waals surface area contributed by atoms with Crippen LogP contribution < -0.4 is 5.32 Å². The minimum atomic E-state index is -0.485. The van der Waals surface area contributed by atoms with Gasteiger partial charge in [-0.3, -0.25) is 4.68 Å². The second kappa shape index (κ2) is 6.41. The number of benzene rings is 1. The molecule has 0 fully saturated rings. The maximum Gasteiger partial charge on any atom is 0.0914 e. The van der Waals surface area contributed by atoms with E-state index in [4.69, 9.17) is 0 Å². The summed E-state index contributed by atoms with van der Waals surface area (Å²) in [7, 11) is 1.94. The molecule has 0 spiro atoms. The molecule has 0 saturated carbocycles. The van der Waals surface area contributed by atoms with Crippen molar-refractivity contribution in [3.63, 3.8) is 0 Å².